The highest BCUT2D eigenvalue weighted by molar-refractivity contribution is 5.19. The number of ether oxygens (including phenoxy) is 1. The Morgan fingerprint density at radius 3 is 2.33 bits per heavy atom. The quantitative estimate of drug-likeness (QED) is 0.896. The topological polar surface area (TPSA) is 29.5 Å². The Labute approximate surface area is 128 Å². The van der Waals surface area contributed by atoms with Crippen LogP contribution in [0.1, 0.15) is 62.8 Å². The van der Waals surface area contributed by atoms with Gasteiger partial charge in [0.25, 0.3) is 0 Å². The van der Waals surface area contributed by atoms with Gasteiger partial charge in [0.05, 0.1) is 18.8 Å². The Bertz CT molecular complexity index is 401. The van der Waals surface area contributed by atoms with Gasteiger partial charge in [-0.15, -0.1) is 0 Å². The molecule has 21 heavy (non-hydrogen) atoms. The highest BCUT2D eigenvalue weighted by Gasteiger charge is 2.24. The third kappa shape index (κ3) is 4.31. The van der Waals surface area contributed by atoms with Crippen LogP contribution in [0.4, 0.5) is 0 Å². The SMILES string of the molecule is OC1CCC(CCC2CCC(c3ccccc3)CC2)OC1. The molecule has 116 valence electrons. The van der Waals surface area contributed by atoms with Crippen molar-refractivity contribution in [3.05, 3.63) is 35.9 Å². The molecule has 1 aromatic rings. The highest BCUT2D eigenvalue weighted by Crippen LogP contribution is 2.38. The summed E-state index contributed by atoms with van der Waals surface area (Å²) in [5.74, 6) is 1.67. The van der Waals surface area contributed by atoms with Crippen molar-refractivity contribution >= 4 is 0 Å². The monoisotopic (exact) mass is 288 g/mol. The molecule has 1 heterocycles. The van der Waals surface area contributed by atoms with E-state index in [4.69, 9.17) is 4.74 Å². The summed E-state index contributed by atoms with van der Waals surface area (Å²) in [7, 11) is 0. The van der Waals surface area contributed by atoms with Gasteiger partial charge in [0.1, 0.15) is 0 Å². The van der Waals surface area contributed by atoms with E-state index in [0.29, 0.717) is 12.7 Å². The molecule has 2 aliphatic rings. The first-order valence-corrected chi connectivity index (χ1v) is 8.66. The minimum absolute atomic E-state index is 0.220. The molecule has 1 aliphatic carbocycles. The van der Waals surface area contributed by atoms with Crippen LogP contribution in [0.5, 0.6) is 0 Å². The van der Waals surface area contributed by atoms with Gasteiger partial charge in [-0.05, 0) is 68.8 Å². The summed E-state index contributed by atoms with van der Waals surface area (Å²) in [6.45, 7) is 0.547. The summed E-state index contributed by atoms with van der Waals surface area (Å²) in [5, 5.41) is 9.46. The Morgan fingerprint density at radius 1 is 0.905 bits per heavy atom. The molecule has 3 rings (SSSR count). The third-order valence-electron chi connectivity index (χ3n) is 5.36. The van der Waals surface area contributed by atoms with Crippen LogP contribution >= 0.6 is 0 Å². The fourth-order valence-electron chi connectivity index (χ4n) is 3.95. The molecule has 0 bridgehead atoms. The van der Waals surface area contributed by atoms with E-state index < -0.39 is 0 Å². The molecule has 1 aromatic carbocycles. The van der Waals surface area contributed by atoms with E-state index in [1.165, 1.54) is 44.1 Å². The van der Waals surface area contributed by atoms with Gasteiger partial charge in [-0.3, -0.25) is 0 Å². The molecule has 0 aromatic heterocycles. The average Bonchev–Trinajstić information content (AvgIpc) is 2.56. The van der Waals surface area contributed by atoms with E-state index in [1.807, 2.05) is 0 Å². The van der Waals surface area contributed by atoms with Gasteiger partial charge in [-0.2, -0.15) is 0 Å². The van der Waals surface area contributed by atoms with E-state index in [0.717, 1.165) is 24.7 Å². The predicted octanol–water partition coefficient (Wildman–Crippen LogP) is 4.28. The second-order valence-electron chi connectivity index (χ2n) is 6.89. The number of aliphatic hydroxyl groups is 1. The van der Waals surface area contributed by atoms with Crippen molar-refractivity contribution < 1.29 is 9.84 Å². The third-order valence-corrected chi connectivity index (χ3v) is 5.36. The standard InChI is InChI=1S/C19H28O2/c20-18-11-13-19(21-14-18)12-8-15-6-9-17(10-7-15)16-4-2-1-3-5-16/h1-5,15,17-20H,6-14H2. The van der Waals surface area contributed by atoms with Gasteiger partial charge in [0.2, 0.25) is 0 Å². The van der Waals surface area contributed by atoms with Crippen LogP contribution < -0.4 is 0 Å². The Hall–Kier alpha value is -0.860. The summed E-state index contributed by atoms with van der Waals surface area (Å²) in [4.78, 5) is 0. The van der Waals surface area contributed by atoms with Crippen LogP contribution in [0.2, 0.25) is 0 Å². The van der Waals surface area contributed by atoms with Crippen molar-refractivity contribution in [2.24, 2.45) is 5.92 Å². The number of aliphatic hydroxyl groups excluding tert-OH is 1. The summed E-state index contributed by atoms with van der Waals surface area (Å²) in [6, 6.07) is 11.0. The van der Waals surface area contributed by atoms with Gasteiger partial charge in [-0.25, -0.2) is 0 Å². The van der Waals surface area contributed by atoms with Crippen molar-refractivity contribution in [1.29, 1.82) is 0 Å². The second-order valence-corrected chi connectivity index (χ2v) is 6.89. The molecule has 0 amide bonds. The zero-order valence-electron chi connectivity index (χ0n) is 12.9. The number of benzene rings is 1. The molecule has 2 heteroatoms. The van der Waals surface area contributed by atoms with Crippen LogP contribution in [-0.2, 0) is 4.74 Å². The lowest BCUT2D eigenvalue weighted by atomic mass is 9.77. The summed E-state index contributed by atoms with van der Waals surface area (Å²) >= 11 is 0. The van der Waals surface area contributed by atoms with Crippen LogP contribution in [0, 0.1) is 5.92 Å². The smallest absolute Gasteiger partial charge is 0.0774 e. The summed E-state index contributed by atoms with van der Waals surface area (Å²) < 4.78 is 5.72. The van der Waals surface area contributed by atoms with Gasteiger partial charge < -0.3 is 9.84 Å². The van der Waals surface area contributed by atoms with E-state index in [2.05, 4.69) is 30.3 Å². The molecular weight excluding hydrogens is 260 g/mol. The van der Waals surface area contributed by atoms with Gasteiger partial charge in [0.15, 0.2) is 0 Å². The number of rotatable bonds is 4. The molecule has 0 radical (unpaired) electrons. The van der Waals surface area contributed by atoms with Crippen molar-refractivity contribution in [3.8, 4) is 0 Å². The second kappa shape index (κ2) is 7.42. The minimum atomic E-state index is -0.220. The number of hydrogen-bond acceptors (Lipinski definition) is 2. The van der Waals surface area contributed by atoms with Gasteiger partial charge in [-0.1, -0.05) is 30.3 Å². The maximum atomic E-state index is 9.46. The molecule has 2 atom stereocenters. The lowest BCUT2D eigenvalue weighted by Crippen LogP contribution is -2.29. The molecule has 1 saturated heterocycles. The fraction of sp³-hybridized carbons (Fsp3) is 0.684. The van der Waals surface area contributed by atoms with Crippen molar-refractivity contribution in [2.75, 3.05) is 6.61 Å². The fourth-order valence-corrected chi connectivity index (χ4v) is 3.95. The zero-order chi connectivity index (χ0) is 14.5. The zero-order valence-corrected chi connectivity index (χ0v) is 12.9. The number of hydrogen-bond donors (Lipinski definition) is 1. The Kier molecular flexibility index (Phi) is 5.32. The van der Waals surface area contributed by atoms with Crippen molar-refractivity contribution in [1.82, 2.24) is 0 Å². The lowest BCUT2D eigenvalue weighted by molar-refractivity contribution is -0.0601. The first-order valence-electron chi connectivity index (χ1n) is 8.66. The van der Waals surface area contributed by atoms with Crippen LogP contribution in [0.15, 0.2) is 30.3 Å². The summed E-state index contributed by atoms with van der Waals surface area (Å²) in [5.41, 5.74) is 1.53. The van der Waals surface area contributed by atoms with Gasteiger partial charge >= 0.3 is 0 Å². The predicted molar refractivity (Wildman–Crippen MR) is 85.4 cm³/mol. The molecule has 1 aliphatic heterocycles. The van der Waals surface area contributed by atoms with Gasteiger partial charge in [0, 0.05) is 0 Å². The molecule has 1 saturated carbocycles. The van der Waals surface area contributed by atoms with Crippen LogP contribution in [0.25, 0.3) is 0 Å². The van der Waals surface area contributed by atoms with E-state index in [1.54, 1.807) is 0 Å². The molecule has 2 fully saturated rings. The van der Waals surface area contributed by atoms with Crippen molar-refractivity contribution in [3.63, 3.8) is 0 Å². The van der Waals surface area contributed by atoms with Crippen LogP contribution in [-0.4, -0.2) is 23.9 Å². The largest absolute Gasteiger partial charge is 0.391 e. The average molecular weight is 288 g/mol. The maximum absolute atomic E-state index is 9.46. The van der Waals surface area contributed by atoms with E-state index in [9.17, 15) is 5.11 Å². The van der Waals surface area contributed by atoms with Crippen LogP contribution in [0.3, 0.4) is 0 Å². The highest BCUT2D eigenvalue weighted by atomic mass is 16.5. The Morgan fingerprint density at radius 2 is 1.67 bits per heavy atom. The summed E-state index contributed by atoms with van der Waals surface area (Å²) in [6.07, 6.45) is 10.1. The molecule has 1 N–H and O–H groups in total. The minimum Gasteiger partial charge on any atom is -0.391 e. The molecule has 2 unspecified atom stereocenters. The Balaban J connectivity index is 1.38. The molecular formula is C19H28O2. The normalized spacial score (nSPS) is 33.8. The van der Waals surface area contributed by atoms with Crippen molar-refractivity contribution in [2.45, 2.75) is 69.5 Å². The molecule has 0 spiro atoms. The first-order chi connectivity index (χ1) is 10.3. The lowest BCUT2D eigenvalue weighted by Gasteiger charge is -2.31. The van der Waals surface area contributed by atoms with E-state index in [-0.39, 0.29) is 6.10 Å². The van der Waals surface area contributed by atoms with E-state index >= 15 is 0 Å². The molecule has 2 nitrogen and oxygen atoms in total. The maximum Gasteiger partial charge on any atom is 0.0774 e. The first kappa shape index (κ1) is 15.1.